The molecule has 1 fully saturated rings. The summed E-state index contributed by atoms with van der Waals surface area (Å²) in [6.45, 7) is 0. The number of benzene rings is 2. The molecule has 1 aliphatic carbocycles. The monoisotopic (exact) mass is 475 g/mol. The van der Waals surface area contributed by atoms with Gasteiger partial charge in [-0.15, -0.1) is 10.2 Å². The number of aryl methyl sites for hydroxylation is 1. The maximum atomic E-state index is 13.9. The summed E-state index contributed by atoms with van der Waals surface area (Å²) in [4.78, 5) is 14.5. The maximum absolute atomic E-state index is 13.9. The SMILES string of the molecule is Cn1nnc(-c2ccc([C@@H](C(=O)Nc3cccc(Br)c3)[C@H]3CCC(F)(F)C3)cc2)n1. The highest BCUT2D eigenvalue weighted by atomic mass is 79.9. The lowest BCUT2D eigenvalue weighted by molar-refractivity contribution is -0.118. The first-order valence-electron chi connectivity index (χ1n) is 9.59. The molecule has 4 rings (SSSR count). The smallest absolute Gasteiger partial charge is 0.248 e. The van der Waals surface area contributed by atoms with E-state index in [2.05, 4.69) is 36.7 Å². The van der Waals surface area contributed by atoms with E-state index in [4.69, 9.17) is 0 Å². The van der Waals surface area contributed by atoms with Gasteiger partial charge in [0.05, 0.1) is 13.0 Å². The number of nitrogens with one attached hydrogen (secondary N) is 1. The Hall–Kier alpha value is -2.68. The molecule has 1 amide bonds. The zero-order chi connectivity index (χ0) is 21.3. The molecule has 1 aliphatic rings. The van der Waals surface area contributed by atoms with Crippen LogP contribution in [0.3, 0.4) is 0 Å². The molecule has 156 valence electrons. The van der Waals surface area contributed by atoms with Crippen LogP contribution in [0.5, 0.6) is 0 Å². The molecule has 0 aliphatic heterocycles. The summed E-state index contributed by atoms with van der Waals surface area (Å²) in [7, 11) is 1.67. The molecule has 30 heavy (non-hydrogen) atoms. The molecule has 0 saturated heterocycles. The van der Waals surface area contributed by atoms with Crippen molar-refractivity contribution in [2.24, 2.45) is 13.0 Å². The molecule has 2 atom stereocenters. The van der Waals surface area contributed by atoms with Crippen molar-refractivity contribution < 1.29 is 13.6 Å². The number of anilines is 1. The number of nitrogens with zero attached hydrogens (tertiary/aromatic N) is 4. The van der Waals surface area contributed by atoms with E-state index < -0.39 is 17.8 Å². The Morgan fingerprint density at radius 3 is 2.63 bits per heavy atom. The van der Waals surface area contributed by atoms with Gasteiger partial charge in [0.1, 0.15) is 0 Å². The number of carbonyl (C=O) groups excluding carboxylic acids is 1. The minimum Gasteiger partial charge on any atom is -0.326 e. The van der Waals surface area contributed by atoms with Gasteiger partial charge in [0.2, 0.25) is 17.7 Å². The number of alkyl halides is 2. The number of hydrogen-bond acceptors (Lipinski definition) is 4. The zero-order valence-electron chi connectivity index (χ0n) is 16.2. The standard InChI is InChI=1S/C21H20BrF2N5O/c1-29-27-19(26-28-29)14-7-5-13(6-8-14)18(15-9-10-21(23,24)12-15)20(30)25-17-4-2-3-16(22)11-17/h2-8,11,15,18H,9-10,12H2,1H3,(H,25,30)/t15-,18+/m0/s1. The molecule has 2 aromatic carbocycles. The molecule has 1 N–H and O–H groups in total. The second-order valence-corrected chi connectivity index (χ2v) is 8.48. The summed E-state index contributed by atoms with van der Waals surface area (Å²) in [6.07, 6.45) is -0.186. The Bertz CT molecular complexity index is 1050. The summed E-state index contributed by atoms with van der Waals surface area (Å²) in [5.41, 5.74) is 2.05. The largest absolute Gasteiger partial charge is 0.326 e. The average molecular weight is 476 g/mol. The number of rotatable bonds is 5. The summed E-state index contributed by atoms with van der Waals surface area (Å²) in [5.74, 6) is -3.68. The van der Waals surface area contributed by atoms with Crippen LogP contribution in [0, 0.1) is 5.92 Å². The van der Waals surface area contributed by atoms with Gasteiger partial charge in [-0.05, 0) is 41.3 Å². The van der Waals surface area contributed by atoms with Crippen LogP contribution in [0.2, 0.25) is 0 Å². The lowest BCUT2D eigenvalue weighted by atomic mass is 9.83. The zero-order valence-corrected chi connectivity index (χ0v) is 17.8. The van der Waals surface area contributed by atoms with Gasteiger partial charge in [-0.2, -0.15) is 4.80 Å². The second kappa shape index (κ2) is 8.22. The van der Waals surface area contributed by atoms with Gasteiger partial charge in [-0.25, -0.2) is 8.78 Å². The fraction of sp³-hybridized carbons (Fsp3) is 0.333. The van der Waals surface area contributed by atoms with Gasteiger partial charge < -0.3 is 5.32 Å². The summed E-state index contributed by atoms with van der Waals surface area (Å²) >= 11 is 3.38. The van der Waals surface area contributed by atoms with Crippen molar-refractivity contribution in [2.45, 2.75) is 31.1 Å². The first-order chi connectivity index (χ1) is 14.3. The summed E-state index contributed by atoms with van der Waals surface area (Å²) in [6, 6.07) is 14.4. The normalized spacial score (nSPS) is 18.9. The number of tetrazole rings is 1. The molecule has 1 aromatic heterocycles. The van der Waals surface area contributed by atoms with Crippen molar-refractivity contribution in [3.63, 3.8) is 0 Å². The van der Waals surface area contributed by atoms with Crippen LogP contribution in [-0.2, 0) is 11.8 Å². The van der Waals surface area contributed by atoms with Crippen molar-refractivity contribution in [1.82, 2.24) is 20.2 Å². The fourth-order valence-electron chi connectivity index (χ4n) is 3.93. The van der Waals surface area contributed by atoms with Gasteiger partial charge in [0, 0.05) is 28.6 Å². The first kappa shape index (κ1) is 20.6. The molecule has 3 aromatic rings. The van der Waals surface area contributed by atoms with Gasteiger partial charge in [0.15, 0.2) is 0 Å². The molecule has 0 radical (unpaired) electrons. The second-order valence-electron chi connectivity index (χ2n) is 7.56. The third kappa shape index (κ3) is 4.56. The quantitative estimate of drug-likeness (QED) is 0.575. The Morgan fingerprint density at radius 2 is 2.03 bits per heavy atom. The number of carbonyl (C=O) groups is 1. The molecular weight excluding hydrogens is 456 g/mol. The third-order valence-corrected chi connectivity index (χ3v) is 5.82. The van der Waals surface area contributed by atoms with Crippen LogP contribution in [0.15, 0.2) is 53.0 Å². The van der Waals surface area contributed by atoms with Crippen molar-refractivity contribution >= 4 is 27.5 Å². The van der Waals surface area contributed by atoms with E-state index in [-0.39, 0.29) is 18.7 Å². The van der Waals surface area contributed by atoms with Crippen LogP contribution >= 0.6 is 15.9 Å². The van der Waals surface area contributed by atoms with Gasteiger partial charge in [-0.3, -0.25) is 4.79 Å². The van der Waals surface area contributed by atoms with E-state index in [1.165, 1.54) is 4.80 Å². The predicted molar refractivity (Wildman–Crippen MR) is 112 cm³/mol. The molecule has 9 heteroatoms. The summed E-state index contributed by atoms with van der Waals surface area (Å²) in [5, 5.41) is 14.8. The Labute approximate surface area is 180 Å². The maximum Gasteiger partial charge on any atom is 0.248 e. The molecule has 1 heterocycles. The number of amides is 1. The fourth-order valence-corrected chi connectivity index (χ4v) is 4.33. The van der Waals surface area contributed by atoms with Crippen molar-refractivity contribution in [2.75, 3.05) is 5.32 Å². The number of aromatic nitrogens is 4. The highest BCUT2D eigenvalue weighted by Crippen LogP contribution is 2.46. The molecule has 6 nitrogen and oxygen atoms in total. The number of hydrogen-bond donors (Lipinski definition) is 1. The van der Waals surface area contributed by atoms with E-state index in [9.17, 15) is 13.6 Å². The van der Waals surface area contributed by atoms with Crippen molar-refractivity contribution in [1.29, 1.82) is 0 Å². The van der Waals surface area contributed by atoms with Crippen LogP contribution in [0.1, 0.15) is 30.7 Å². The van der Waals surface area contributed by atoms with Crippen LogP contribution in [0.25, 0.3) is 11.4 Å². The molecule has 0 unspecified atom stereocenters. The van der Waals surface area contributed by atoms with E-state index in [0.717, 1.165) is 10.0 Å². The first-order valence-corrected chi connectivity index (χ1v) is 10.4. The van der Waals surface area contributed by atoms with Gasteiger partial charge >= 0.3 is 0 Å². The van der Waals surface area contributed by atoms with E-state index in [1.807, 2.05) is 6.07 Å². The van der Waals surface area contributed by atoms with Crippen LogP contribution in [0.4, 0.5) is 14.5 Å². The van der Waals surface area contributed by atoms with Gasteiger partial charge in [0.25, 0.3) is 0 Å². The highest BCUT2D eigenvalue weighted by molar-refractivity contribution is 9.10. The minimum atomic E-state index is -2.73. The van der Waals surface area contributed by atoms with Gasteiger partial charge in [-0.1, -0.05) is 46.3 Å². The van der Waals surface area contributed by atoms with Crippen LogP contribution < -0.4 is 5.32 Å². The Kier molecular flexibility index (Phi) is 5.64. The van der Waals surface area contributed by atoms with E-state index >= 15 is 0 Å². The predicted octanol–water partition coefficient (Wildman–Crippen LogP) is 4.80. The Balaban J connectivity index is 1.62. The summed E-state index contributed by atoms with van der Waals surface area (Å²) < 4.78 is 28.7. The lowest BCUT2D eigenvalue weighted by Gasteiger charge is -2.23. The molecular formula is C21H20BrF2N5O. The van der Waals surface area contributed by atoms with E-state index in [1.54, 1.807) is 49.5 Å². The topological polar surface area (TPSA) is 72.7 Å². The minimum absolute atomic E-state index is 0.195. The number of halogens is 3. The highest BCUT2D eigenvalue weighted by Gasteiger charge is 2.45. The third-order valence-electron chi connectivity index (χ3n) is 5.32. The molecule has 0 spiro atoms. The molecule has 1 saturated carbocycles. The lowest BCUT2D eigenvalue weighted by Crippen LogP contribution is -2.27. The molecule has 0 bridgehead atoms. The van der Waals surface area contributed by atoms with Crippen molar-refractivity contribution in [3.05, 3.63) is 58.6 Å². The Morgan fingerprint density at radius 1 is 1.27 bits per heavy atom. The van der Waals surface area contributed by atoms with Crippen LogP contribution in [-0.4, -0.2) is 32.0 Å². The van der Waals surface area contributed by atoms with E-state index in [0.29, 0.717) is 23.5 Å². The average Bonchev–Trinajstić information content (AvgIpc) is 3.28. The van der Waals surface area contributed by atoms with Crippen molar-refractivity contribution in [3.8, 4) is 11.4 Å².